The second-order valence-corrected chi connectivity index (χ2v) is 24.4. The number of nitrogens with zero attached hydrogens (tertiary/aromatic N) is 9. The number of anilines is 3. The van der Waals surface area contributed by atoms with Crippen molar-refractivity contribution in [3.63, 3.8) is 0 Å². The quantitative estimate of drug-likeness (QED) is 0.0580. The Labute approximate surface area is 478 Å². The summed E-state index contributed by atoms with van der Waals surface area (Å²) in [5, 5.41) is 13.5. The van der Waals surface area contributed by atoms with Crippen molar-refractivity contribution in [2.24, 2.45) is 10.1 Å². The third-order valence-electron chi connectivity index (χ3n) is 12.8. The Morgan fingerprint density at radius 1 is 0.700 bits per heavy atom. The van der Waals surface area contributed by atoms with Crippen molar-refractivity contribution in [1.29, 1.82) is 0 Å². The molecule has 23 nitrogen and oxygen atoms in total. The molecular formula is C54H82ClN11O12S2. The Hall–Kier alpha value is -6.22. The molecule has 3 aromatic heterocycles. The van der Waals surface area contributed by atoms with Gasteiger partial charge in [0.15, 0.2) is 47.2 Å². The topological polar surface area (TPSA) is 260 Å². The molecule has 0 aliphatic carbocycles. The number of benzene rings is 2. The number of fused-ring (bicyclic) bond motifs is 2. The van der Waals surface area contributed by atoms with Crippen LogP contribution in [0.1, 0.15) is 55.4 Å². The molecule has 2 fully saturated rings. The van der Waals surface area contributed by atoms with E-state index in [1.807, 2.05) is 62.4 Å². The van der Waals surface area contributed by atoms with Crippen molar-refractivity contribution in [3.05, 3.63) is 73.3 Å². The molecule has 0 bridgehead atoms. The lowest BCUT2D eigenvalue weighted by Gasteiger charge is -2.39. The zero-order valence-corrected chi connectivity index (χ0v) is 51.0. The first kappa shape index (κ1) is 66.3. The number of esters is 1. The molecule has 80 heavy (non-hydrogen) atoms. The Morgan fingerprint density at radius 2 is 1.11 bits per heavy atom. The van der Waals surface area contributed by atoms with Gasteiger partial charge in [0.25, 0.3) is 0 Å². The molecule has 0 radical (unpaired) electrons. The lowest BCUT2D eigenvalue weighted by Crippen LogP contribution is -2.52. The highest BCUT2D eigenvalue weighted by atomic mass is 35.5. The summed E-state index contributed by atoms with van der Waals surface area (Å²) >= 11 is 0. The maximum absolute atomic E-state index is 12.3. The molecule has 5 heterocycles. The number of hydrogen-bond acceptors (Lipinski definition) is 20. The van der Waals surface area contributed by atoms with Gasteiger partial charge in [-0.2, -0.15) is 0 Å². The van der Waals surface area contributed by atoms with Crippen LogP contribution in [-0.2, 0) is 34.5 Å². The van der Waals surface area contributed by atoms with Crippen LogP contribution in [0.4, 0.5) is 17.1 Å². The number of piperazine rings is 2. The minimum Gasteiger partial charge on any atom is -0.594 e. The largest absolute Gasteiger partial charge is 0.594 e. The summed E-state index contributed by atoms with van der Waals surface area (Å²) < 4.78 is 86.6. The van der Waals surface area contributed by atoms with E-state index in [2.05, 4.69) is 51.7 Å². The number of carbonyl (C=O) groups excluding carboxylic acids is 1. The second kappa shape index (κ2) is 29.0. The fraction of sp³-hybridized carbons (Fsp3) is 0.537. The number of methoxy groups -OCH3 is 4. The van der Waals surface area contributed by atoms with Crippen molar-refractivity contribution in [2.75, 3.05) is 128 Å². The molecule has 2 aliphatic rings. The number of ether oxygens (including phenoxy) is 6. The van der Waals surface area contributed by atoms with Gasteiger partial charge in [-0.15, -0.1) is 20.8 Å². The van der Waals surface area contributed by atoms with Crippen LogP contribution >= 0.6 is 12.4 Å². The maximum Gasteiger partial charge on any atom is 0.493 e. The summed E-state index contributed by atoms with van der Waals surface area (Å²) in [6.45, 7) is 22.2. The molecule has 3 N–H and O–H groups in total. The standard InChI is InChI=1S/C24H36N4O6S.C18H26N4O2.C12H19N3O4S.ClH/c1-17(15-26-35(30,31)16-23(29)34-24(2,3)4)27-9-11-28(12-10-27)20-7-8-25-19-14-22(33-6)21(32-5)13-18(19)20;1-13(12-19)21-6-8-22(9-7-21)16-4-5-20-15-11-18(24-3)17(23-2)10-14(15)16;1-12(2,3)19-11(16)13-20(17,18)15-8-6-10(7-9-15)14(4)5;/h7-8,13-14,17,26H,9-12,15-16H2,1-6H3;4-5,10-11,13H,6-9,12,19H2,1-3H3;6-9H,1-5H3;1H. The minimum absolute atomic E-state index is 0. The molecule has 444 valence electrons. The molecule has 26 heteroatoms. The molecule has 7 rings (SSSR count). The van der Waals surface area contributed by atoms with E-state index in [1.165, 1.54) is 18.1 Å². The van der Waals surface area contributed by atoms with E-state index >= 15 is 0 Å². The Morgan fingerprint density at radius 3 is 1.50 bits per heavy atom. The monoisotopic (exact) mass is 1180 g/mol. The normalized spacial score (nSPS) is 15.5. The fourth-order valence-electron chi connectivity index (χ4n) is 8.66. The number of nitrogens with two attached hydrogens (primary N) is 1. The van der Waals surface area contributed by atoms with Crippen LogP contribution in [0.2, 0.25) is 0 Å². The van der Waals surface area contributed by atoms with Crippen LogP contribution in [-0.4, -0.2) is 186 Å². The lowest BCUT2D eigenvalue weighted by molar-refractivity contribution is -0.511. The van der Waals surface area contributed by atoms with Gasteiger partial charge in [0.1, 0.15) is 5.60 Å². The molecule has 2 atom stereocenters. The SMILES string of the molecule is CN(C)c1cc[n+](S(=O)(=O)N=C([O-])OC(C)(C)C)cc1.COc1cc2nccc(N3CCN(C(C)CN)CC3)c2cc1OC.COc1cc2nccc(N3CCN(C(C)CNS(=O)(=O)CC(=O)OC(C)(C)C)CC3)c2cc1OC.Cl. The molecule has 2 saturated heterocycles. The molecule has 2 aromatic carbocycles. The summed E-state index contributed by atoms with van der Waals surface area (Å²) in [6.07, 6.45) is 5.15. The molecule has 0 saturated carbocycles. The summed E-state index contributed by atoms with van der Waals surface area (Å²) in [5.74, 6) is 1.28. The lowest BCUT2D eigenvalue weighted by atomic mass is 10.1. The van der Waals surface area contributed by atoms with E-state index < -0.39 is 49.2 Å². The third kappa shape index (κ3) is 18.9. The molecule has 2 unspecified atom stereocenters. The van der Waals surface area contributed by atoms with E-state index in [4.69, 9.17) is 34.2 Å². The minimum atomic E-state index is -4.13. The summed E-state index contributed by atoms with van der Waals surface area (Å²) in [7, 11) is 2.29. The van der Waals surface area contributed by atoms with Crippen molar-refractivity contribution < 1.29 is 59.1 Å². The highest BCUT2D eigenvalue weighted by molar-refractivity contribution is 7.90. The Kier molecular flexibility index (Phi) is 24.0. The van der Waals surface area contributed by atoms with Crippen LogP contribution in [0, 0.1) is 0 Å². The maximum atomic E-state index is 12.3. The average Bonchev–Trinajstić information content (AvgIpc) is 3.40. The van der Waals surface area contributed by atoms with Gasteiger partial charge in [-0.3, -0.25) is 24.6 Å². The van der Waals surface area contributed by atoms with Crippen LogP contribution in [0.5, 0.6) is 23.0 Å². The van der Waals surface area contributed by atoms with Gasteiger partial charge in [0, 0.05) is 162 Å². The van der Waals surface area contributed by atoms with Gasteiger partial charge < -0.3 is 54.0 Å². The van der Waals surface area contributed by atoms with E-state index in [-0.39, 0.29) is 25.0 Å². The third-order valence-corrected chi connectivity index (χ3v) is 15.2. The van der Waals surface area contributed by atoms with E-state index in [9.17, 15) is 26.7 Å². The second-order valence-electron chi connectivity index (χ2n) is 21.1. The number of aromatic nitrogens is 3. The number of hydrogen-bond donors (Lipinski definition) is 2. The number of rotatable bonds is 17. The summed E-state index contributed by atoms with van der Waals surface area (Å²) in [5.41, 5.74) is 9.11. The van der Waals surface area contributed by atoms with E-state index in [1.54, 1.807) is 88.3 Å². The Bertz CT molecular complexity index is 3070. The number of carbonyl (C=O) groups is 1. The zero-order valence-electron chi connectivity index (χ0n) is 48.6. The molecule has 0 spiro atoms. The van der Waals surface area contributed by atoms with Crippen LogP contribution in [0.3, 0.4) is 0 Å². The number of nitrogens with one attached hydrogen (secondary N) is 1. The van der Waals surface area contributed by atoms with Gasteiger partial charge in [-0.25, -0.2) is 13.1 Å². The number of sulfonamides is 1. The van der Waals surface area contributed by atoms with Crippen molar-refractivity contribution >= 4 is 83.6 Å². The average molecular weight is 1180 g/mol. The number of pyridine rings is 3. The van der Waals surface area contributed by atoms with Crippen LogP contribution < -0.4 is 53.2 Å². The van der Waals surface area contributed by atoms with E-state index in [0.29, 0.717) is 29.8 Å². The van der Waals surface area contributed by atoms with Gasteiger partial charge in [-0.05, 0) is 58.9 Å². The summed E-state index contributed by atoms with van der Waals surface area (Å²) in [4.78, 5) is 32.1. The smallest absolute Gasteiger partial charge is 0.493 e. The summed E-state index contributed by atoms with van der Waals surface area (Å²) in [6, 6.07) is 15.5. The van der Waals surface area contributed by atoms with E-state index in [0.717, 1.165) is 95.3 Å². The molecular weight excluding hydrogens is 1090 g/mol. The predicted octanol–water partition coefficient (Wildman–Crippen LogP) is 3.83. The highest BCUT2D eigenvalue weighted by Gasteiger charge is 2.28. The fourth-order valence-corrected chi connectivity index (χ4v) is 10.4. The molecule has 5 aromatic rings. The first-order chi connectivity index (χ1) is 37.1. The van der Waals surface area contributed by atoms with Gasteiger partial charge in [0.2, 0.25) is 10.0 Å². The first-order valence-electron chi connectivity index (χ1n) is 25.9. The van der Waals surface area contributed by atoms with Crippen molar-refractivity contribution in [2.45, 2.75) is 78.7 Å². The van der Waals surface area contributed by atoms with Gasteiger partial charge in [-0.1, -0.05) is 29.1 Å². The number of halogens is 1. The first-order valence-corrected chi connectivity index (χ1v) is 28.9. The molecule has 2 aliphatic heterocycles. The Balaban J connectivity index is 0.000000269. The highest BCUT2D eigenvalue weighted by Crippen LogP contribution is 2.37. The van der Waals surface area contributed by atoms with Crippen LogP contribution in [0.15, 0.2) is 77.7 Å². The predicted molar refractivity (Wildman–Crippen MR) is 314 cm³/mol. The zero-order chi connectivity index (χ0) is 58.5. The molecule has 0 amide bonds. The van der Waals surface area contributed by atoms with Crippen molar-refractivity contribution in [3.8, 4) is 23.0 Å². The van der Waals surface area contributed by atoms with Gasteiger partial charge >= 0.3 is 16.2 Å². The van der Waals surface area contributed by atoms with Crippen molar-refractivity contribution in [1.82, 2.24) is 24.5 Å². The van der Waals surface area contributed by atoms with Gasteiger partial charge in [0.05, 0.1) is 39.5 Å². The van der Waals surface area contributed by atoms with Crippen LogP contribution in [0.25, 0.3) is 21.8 Å².